The van der Waals surface area contributed by atoms with Crippen LogP contribution in [0.1, 0.15) is 6.42 Å². The third-order valence-electron chi connectivity index (χ3n) is 3.52. The van der Waals surface area contributed by atoms with Gasteiger partial charge >= 0.3 is 17.9 Å². The number of nitrogens with zero attached hydrogens (tertiary/aromatic N) is 4. The Morgan fingerprint density at radius 3 is 2.75 bits per heavy atom. The molecule has 0 atom stereocenters. The molecule has 2 rings (SSSR count). The Bertz CT molecular complexity index is 611. The molecule has 0 radical (unpaired) electrons. The minimum atomic E-state index is -4.28. The maximum atomic E-state index is 12.4. The fraction of sp³-hybridized carbons (Fsp3) is 0.538. The van der Waals surface area contributed by atoms with Crippen LogP contribution < -0.4 is 5.32 Å². The predicted octanol–water partition coefficient (Wildman–Crippen LogP) is 2.09. The number of aromatic nitrogens is 1. The standard InChI is InChI=1S/C13H16F3N5O3/c14-13(15,16)9-19-4-1-5-20(7-6-19)12(22)18-10-2-3-17-8-11(10)21(23)24/h2-3,8H,1,4-7,9H2,(H,17,18,22). The van der Waals surface area contributed by atoms with Crippen molar-refractivity contribution >= 4 is 17.4 Å². The van der Waals surface area contributed by atoms with E-state index >= 15 is 0 Å². The van der Waals surface area contributed by atoms with Gasteiger partial charge in [0, 0.05) is 32.4 Å². The van der Waals surface area contributed by atoms with Crippen LogP contribution in [0.3, 0.4) is 0 Å². The van der Waals surface area contributed by atoms with Crippen LogP contribution >= 0.6 is 0 Å². The third kappa shape index (κ3) is 5.05. The minimum Gasteiger partial charge on any atom is -0.323 e. The van der Waals surface area contributed by atoms with Crippen molar-refractivity contribution in [2.75, 3.05) is 38.0 Å². The first-order chi connectivity index (χ1) is 11.3. The number of rotatable bonds is 3. The highest BCUT2D eigenvalue weighted by Crippen LogP contribution is 2.22. The van der Waals surface area contributed by atoms with E-state index in [0.29, 0.717) is 6.42 Å². The van der Waals surface area contributed by atoms with Gasteiger partial charge in [0.15, 0.2) is 0 Å². The topological polar surface area (TPSA) is 91.6 Å². The molecule has 132 valence electrons. The molecule has 1 aliphatic heterocycles. The van der Waals surface area contributed by atoms with Crippen molar-refractivity contribution < 1.29 is 22.9 Å². The lowest BCUT2D eigenvalue weighted by Crippen LogP contribution is -2.40. The molecule has 24 heavy (non-hydrogen) atoms. The Kier molecular flexibility index (Phi) is 5.54. The van der Waals surface area contributed by atoms with E-state index < -0.39 is 23.7 Å². The lowest BCUT2D eigenvalue weighted by atomic mass is 10.3. The van der Waals surface area contributed by atoms with Gasteiger partial charge in [-0.3, -0.25) is 20.0 Å². The lowest BCUT2D eigenvalue weighted by molar-refractivity contribution is -0.384. The minimum absolute atomic E-state index is 0.00334. The second-order valence-corrected chi connectivity index (χ2v) is 5.31. The summed E-state index contributed by atoms with van der Waals surface area (Å²) >= 11 is 0. The number of pyridine rings is 1. The number of carbonyl (C=O) groups excluding carboxylic acids is 1. The Morgan fingerprint density at radius 1 is 1.33 bits per heavy atom. The second-order valence-electron chi connectivity index (χ2n) is 5.31. The van der Waals surface area contributed by atoms with Crippen LogP contribution in [-0.2, 0) is 0 Å². The number of alkyl halides is 3. The molecule has 0 bridgehead atoms. The van der Waals surface area contributed by atoms with Crippen molar-refractivity contribution in [1.82, 2.24) is 14.8 Å². The zero-order valence-corrected chi connectivity index (χ0v) is 12.6. The van der Waals surface area contributed by atoms with Crippen LogP contribution in [0.4, 0.5) is 29.3 Å². The van der Waals surface area contributed by atoms with Crippen molar-refractivity contribution in [2.24, 2.45) is 0 Å². The number of anilines is 1. The molecule has 2 heterocycles. The summed E-state index contributed by atoms with van der Waals surface area (Å²) in [6.45, 7) is -0.303. The summed E-state index contributed by atoms with van der Waals surface area (Å²) < 4.78 is 37.3. The highest BCUT2D eigenvalue weighted by molar-refractivity contribution is 5.91. The molecule has 0 saturated carbocycles. The van der Waals surface area contributed by atoms with Gasteiger partial charge in [-0.2, -0.15) is 13.2 Å². The van der Waals surface area contributed by atoms with E-state index in [2.05, 4.69) is 10.3 Å². The van der Waals surface area contributed by atoms with Crippen molar-refractivity contribution in [1.29, 1.82) is 0 Å². The fourth-order valence-electron chi connectivity index (χ4n) is 2.42. The van der Waals surface area contributed by atoms with Crippen molar-refractivity contribution in [2.45, 2.75) is 12.6 Å². The van der Waals surface area contributed by atoms with Crippen LogP contribution in [0.25, 0.3) is 0 Å². The Morgan fingerprint density at radius 2 is 2.08 bits per heavy atom. The predicted molar refractivity (Wildman–Crippen MR) is 78.6 cm³/mol. The fourth-order valence-corrected chi connectivity index (χ4v) is 2.42. The summed E-state index contributed by atoms with van der Waals surface area (Å²) in [4.78, 5) is 28.7. The summed E-state index contributed by atoms with van der Waals surface area (Å²) in [5.74, 6) is 0. The van der Waals surface area contributed by atoms with E-state index in [4.69, 9.17) is 0 Å². The Balaban J connectivity index is 1.97. The molecule has 1 aromatic rings. The molecule has 1 saturated heterocycles. The molecule has 1 fully saturated rings. The van der Waals surface area contributed by atoms with Gasteiger partial charge in [0.25, 0.3) is 0 Å². The molecular formula is C13H16F3N5O3. The summed E-state index contributed by atoms with van der Waals surface area (Å²) in [6.07, 6.45) is -1.57. The largest absolute Gasteiger partial charge is 0.401 e. The van der Waals surface area contributed by atoms with Crippen molar-refractivity contribution in [3.8, 4) is 0 Å². The van der Waals surface area contributed by atoms with E-state index in [9.17, 15) is 28.1 Å². The first-order valence-electron chi connectivity index (χ1n) is 7.20. The van der Waals surface area contributed by atoms with E-state index in [1.807, 2.05) is 0 Å². The van der Waals surface area contributed by atoms with Crippen LogP contribution in [-0.4, -0.2) is 64.6 Å². The molecule has 1 N–H and O–H groups in total. The van der Waals surface area contributed by atoms with E-state index in [-0.39, 0.29) is 37.6 Å². The normalized spacial score (nSPS) is 16.5. The smallest absolute Gasteiger partial charge is 0.323 e. The third-order valence-corrected chi connectivity index (χ3v) is 3.52. The number of amides is 2. The van der Waals surface area contributed by atoms with Crippen LogP contribution in [0.15, 0.2) is 18.5 Å². The summed E-state index contributed by atoms with van der Waals surface area (Å²) in [5, 5.41) is 13.3. The van der Waals surface area contributed by atoms with Crippen molar-refractivity contribution in [3.63, 3.8) is 0 Å². The van der Waals surface area contributed by atoms with Gasteiger partial charge in [-0.15, -0.1) is 0 Å². The summed E-state index contributed by atoms with van der Waals surface area (Å²) in [5.41, 5.74) is -0.351. The molecule has 8 nitrogen and oxygen atoms in total. The highest BCUT2D eigenvalue weighted by Gasteiger charge is 2.32. The molecule has 0 unspecified atom stereocenters. The van der Waals surface area contributed by atoms with Gasteiger partial charge in [0.1, 0.15) is 11.9 Å². The van der Waals surface area contributed by atoms with E-state index in [1.165, 1.54) is 22.1 Å². The zero-order chi connectivity index (χ0) is 17.7. The molecule has 1 aromatic heterocycles. The number of halogens is 3. The van der Waals surface area contributed by atoms with Gasteiger partial charge in [-0.1, -0.05) is 0 Å². The van der Waals surface area contributed by atoms with E-state index in [0.717, 1.165) is 6.20 Å². The monoisotopic (exact) mass is 347 g/mol. The molecule has 0 aliphatic carbocycles. The number of nitro groups is 1. The van der Waals surface area contributed by atoms with Crippen molar-refractivity contribution in [3.05, 3.63) is 28.6 Å². The summed E-state index contributed by atoms with van der Waals surface area (Å²) in [7, 11) is 0. The first kappa shape index (κ1) is 17.9. The highest BCUT2D eigenvalue weighted by atomic mass is 19.4. The Hall–Kier alpha value is -2.43. The Labute approximate surface area is 135 Å². The summed E-state index contributed by atoms with van der Waals surface area (Å²) in [6, 6.07) is 0.710. The molecule has 2 amide bonds. The zero-order valence-electron chi connectivity index (χ0n) is 12.6. The van der Waals surface area contributed by atoms with Gasteiger partial charge in [0.2, 0.25) is 0 Å². The second kappa shape index (κ2) is 7.43. The van der Waals surface area contributed by atoms with Crippen LogP contribution in [0.2, 0.25) is 0 Å². The quantitative estimate of drug-likeness (QED) is 0.668. The average molecular weight is 347 g/mol. The number of carbonyl (C=O) groups is 1. The van der Waals surface area contributed by atoms with Gasteiger partial charge in [0.05, 0.1) is 11.5 Å². The maximum Gasteiger partial charge on any atom is 0.401 e. The molecule has 0 aromatic carbocycles. The molecule has 0 spiro atoms. The number of hydrogen-bond donors (Lipinski definition) is 1. The SMILES string of the molecule is O=C(Nc1ccncc1[N+](=O)[O-])N1CCCN(CC(F)(F)F)CC1. The van der Waals surface area contributed by atoms with Gasteiger partial charge in [-0.25, -0.2) is 4.79 Å². The molecule has 11 heteroatoms. The maximum absolute atomic E-state index is 12.4. The lowest BCUT2D eigenvalue weighted by Gasteiger charge is -2.23. The first-order valence-corrected chi connectivity index (χ1v) is 7.20. The number of nitrogens with one attached hydrogen (secondary N) is 1. The average Bonchev–Trinajstić information content (AvgIpc) is 2.71. The van der Waals surface area contributed by atoms with Crippen LogP contribution in [0, 0.1) is 10.1 Å². The molecular weight excluding hydrogens is 331 g/mol. The number of hydrogen-bond acceptors (Lipinski definition) is 5. The molecule has 1 aliphatic rings. The van der Waals surface area contributed by atoms with Gasteiger partial charge in [-0.05, 0) is 12.5 Å². The van der Waals surface area contributed by atoms with E-state index in [1.54, 1.807) is 0 Å². The van der Waals surface area contributed by atoms with Crippen LogP contribution in [0.5, 0.6) is 0 Å². The van der Waals surface area contributed by atoms with Gasteiger partial charge < -0.3 is 10.2 Å². The number of urea groups is 1.